The van der Waals surface area contributed by atoms with Crippen molar-refractivity contribution in [2.75, 3.05) is 5.32 Å². The molecule has 0 aliphatic rings. The molecule has 0 saturated carbocycles. The van der Waals surface area contributed by atoms with Crippen LogP contribution in [0.3, 0.4) is 0 Å². The van der Waals surface area contributed by atoms with Crippen LogP contribution in [0.1, 0.15) is 33.2 Å². The van der Waals surface area contributed by atoms with Gasteiger partial charge in [0.25, 0.3) is 5.91 Å². The van der Waals surface area contributed by atoms with Gasteiger partial charge in [0.1, 0.15) is 5.75 Å². The molecule has 0 aromatic heterocycles. The van der Waals surface area contributed by atoms with E-state index in [0.29, 0.717) is 22.4 Å². The summed E-state index contributed by atoms with van der Waals surface area (Å²) >= 11 is 0. The summed E-state index contributed by atoms with van der Waals surface area (Å²) in [4.78, 5) is 23.6. The predicted molar refractivity (Wildman–Crippen MR) is 77.2 cm³/mol. The Kier molecular flexibility index (Phi) is 3.84. The Morgan fingerprint density at radius 1 is 1.10 bits per heavy atom. The van der Waals surface area contributed by atoms with Gasteiger partial charge in [-0.1, -0.05) is 12.1 Å². The zero-order chi connectivity index (χ0) is 14.7. The van der Waals surface area contributed by atoms with Crippen LogP contribution in [0.5, 0.6) is 5.75 Å². The minimum Gasteiger partial charge on any atom is -0.508 e. The second-order valence-corrected chi connectivity index (χ2v) is 4.56. The van der Waals surface area contributed by atoms with Crippen molar-refractivity contribution in [2.45, 2.75) is 13.8 Å². The SMILES string of the molecule is CC(=O)c1ccccc1NC(=O)c1ccc(O)c(C)c1. The fourth-order valence-electron chi connectivity index (χ4n) is 1.89. The molecule has 102 valence electrons. The first-order valence-corrected chi connectivity index (χ1v) is 6.20. The van der Waals surface area contributed by atoms with Crippen molar-refractivity contribution in [3.8, 4) is 5.75 Å². The van der Waals surface area contributed by atoms with Gasteiger partial charge in [-0.3, -0.25) is 9.59 Å². The van der Waals surface area contributed by atoms with E-state index >= 15 is 0 Å². The summed E-state index contributed by atoms with van der Waals surface area (Å²) in [5.74, 6) is -0.282. The number of phenols is 1. The number of phenolic OH excluding ortho intramolecular Hbond substituents is 1. The predicted octanol–water partition coefficient (Wildman–Crippen LogP) is 3.16. The third-order valence-electron chi connectivity index (χ3n) is 3.01. The minimum atomic E-state index is -0.318. The number of benzene rings is 2. The van der Waals surface area contributed by atoms with E-state index in [0.717, 1.165) is 0 Å². The van der Waals surface area contributed by atoms with Gasteiger partial charge in [-0.15, -0.1) is 0 Å². The Labute approximate surface area is 117 Å². The van der Waals surface area contributed by atoms with Gasteiger partial charge < -0.3 is 10.4 Å². The number of hydrogen-bond acceptors (Lipinski definition) is 3. The first-order valence-electron chi connectivity index (χ1n) is 6.20. The van der Waals surface area contributed by atoms with Crippen LogP contribution < -0.4 is 5.32 Å². The molecule has 0 fully saturated rings. The molecular weight excluding hydrogens is 254 g/mol. The molecule has 0 atom stereocenters. The molecule has 0 bridgehead atoms. The third kappa shape index (κ3) is 2.85. The number of para-hydroxylation sites is 1. The van der Waals surface area contributed by atoms with E-state index in [-0.39, 0.29) is 17.4 Å². The Morgan fingerprint density at radius 3 is 2.45 bits per heavy atom. The first kappa shape index (κ1) is 13.8. The van der Waals surface area contributed by atoms with Crippen molar-refractivity contribution in [2.24, 2.45) is 0 Å². The van der Waals surface area contributed by atoms with E-state index in [2.05, 4.69) is 5.32 Å². The van der Waals surface area contributed by atoms with Gasteiger partial charge >= 0.3 is 0 Å². The first-order chi connectivity index (χ1) is 9.49. The molecule has 4 heteroatoms. The summed E-state index contributed by atoms with van der Waals surface area (Å²) in [7, 11) is 0. The van der Waals surface area contributed by atoms with Crippen molar-refractivity contribution in [1.82, 2.24) is 0 Å². The molecule has 0 unspecified atom stereocenters. The molecule has 2 aromatic rings. The third-order valence-corrected chi connectivity index (χ3v) is 3.01. The van der Waals surface area contributed by atoms with Gasteiger partial charge in [-0.05, 0) is 49.7 Å². The number of Topliss-reactive ketones (excluding diaryl/α,β-unsaturated/α-hetero) is 1. The zero-order valence-corrected chi connectivity index (χ0v) is 11.3. The molecule has 2 N–H and O–H groups in total. The van der Waals surface area contributed by atoms with Gasteiger partial charge in [0, 0.05) is 11.1 Å². The van der Waals surface area contributed by atoms with Crippen LogP contribution in [0.4, 0.5) is 5.69 Å². The number of ketones is 1. The van der Waals surface area contributed by atoms with Crippen LogP contribution in [-0.2, 0) is 0 Å². The second kappa shape index (κ2) is 5.57. The van der Waals surface area contributed by atoms with E-state index in [1.807, 2.05) is 0 Å². The maximum absolute atomic E-state index is 12.1. The van der Waals surface area contributed by atoms with Gasteiger partial charge in [-0.2, -0.15) is 0 Å². The number of rotatable bonds is 3. The Morgan fingerprint density at radius 2 is 1.80 bits per heavy atom. The van der Waals surface area contributed by atoms with Crippen LogP contribution in [0.2, 0.25) is 0 Å². The zero-order valence-electron chi connectivity index (χ0n) is 11.3. The average molecular weight is 269 g/mol. The maximum Gasteiger partial charge on any atom is 0.255 e. The highest BCUT2D eigenvalue weighted by molar-refractivity contribution is 6.09. The van der Waals surface area contributed by atoms with E-state index in [1.165, 1.54) is 19.1 Å². The lowest BCUT2D eigenvalue weighted by Gasteiger charge is -2.09. The number of amides is 1. The van der Waals surface area contributed by atoms with Crippen LogP contribution in [0, 0.1) is 6.92 Å². The van der Waals surface area contributed by atoms with Crippen molar-refractivity contribution in [3.63, 3.8) is 0 Å². The number of anilines is 1. The summed E-state index contributed by atoms with van der Waals surface area (Å²) in [6.45, 7) is 3.17. The fraction of sp³-hybridized carbons (Fsp3) is 0.125. The van der Waals surface area contributed by atoms with Crippen molar-refractivity contribution in [3.05, 3.63) is 59.2 Å². The lowest BCUT2D eigenvalue weighted by atomic mass is 10.1. The van der Waals surface area contributed by atoms with Crippen LogP contribution in [-0.4, -0.2) is 16.8 Å². The summed E-state index contributed by atoms with van der Waals surface area (Å²) in [6, 6.07) is 11.5. The van der Waals surface area contributed by atoms with E-state index in [4.69, 9.17) is 0 Å². The molecule has 20 heavy (non-hydrogen) atoms. The number of aryl methyl sites for hydroxylation is 1. The molecule has 2 aromatic carbocycles. The molecule has 0 heterocycles. The normalized spacial score (nSPS) is 10.1. The quantitative estimate of drug-likeness (QED) is 0.841. The van der Waals surface area contributed by atoms with Gasteiger partial charge in [0.15, 0.2) is 5.78 Å². The lowest BCUT2D eigenvalue weighted by molar-refractivity contribution is 0.101. The van der Waals surface area contributed by atoms with Crippen molar-refractivity contribution < 1.29 is 14.7 Å². The van der Waals surface area contributed by atoms with Crippen LogP contribution >= 0.6 is 0 Å². The molecule has 4 nitrogen and oxygen atoms in total. The highest BCUT2D eigenvalue weighted by atomic mass is 16.3. The molecule has 0 aliphatic heterocycles. The molecule has 1 amide bonds. The maximum atomic E-state index is 12.1. The number of carbonyl (C=O) groups excluding carboxylic acids is 2. The summed E-state index contributed by atoms with van der Waals surface area (Å²) in [6.07, 6.45) is 0. The number of aromatic hydroxyl groups is 1. The second-order valence-electron chi connectivity index (χ2n) is 4.56. The summed E-state index contributed by atoms with van der Waals surface area (Å²) in [5.41, 5.74) is 2.00. The molecule has 2 rings (SSSR count). The van der Waals surface area contributed by atoms with Gasteiger partial charge in [-0.25, -0.2) is 0 Å². The number of hydrogen-bond donors (Lipinski definition) is 2. The molecule has 0 aliphatic carbocycles. The van der Waals surface area contributed by atoms with Gasteiger partial charge in [0.05, 0.1) is 5.69 Å². The number of carbonyl (C=O) groups is 2. The standard InChI is InChI=1S/C16H15NO3/c1-10-9-12(7-8-15(10)19)16(20)17-14-6-4-3-5-13(14)11(2)18/h3-9,19H,1-2H3,(H,17,20). The number of nitrogens with one attached hydrogen (secondary N) is 1. The van der Waals surface area contributed by atoms with E-state index in [9.17, 15) is 14.7 Å². The lowest BCUT2D eigenvalue weighted by Crippen LogP contribution is -2.14. The van der Waals surface area contributed by atoms with Gasteiger partial charge in [0.2, 0.25) is 0 Å². The topological polar surface area (TPSA) is 66.4 Å². The average Bonchev–Trinajstić information content (AvgIpc) is 2.42. The summed E-state index contributed by atoms with van der Waals surface area (Å²) < 4.78 is 0. The molecular formula is C16H15NO3. The molecule has 0 saturated heterocycles. The van der Waals surface area contributed by atoms with E-state index < -0.39 is 0 Å². The largest absolute Gasteiger partial charge is 0.508 e. The Balaban J connectivity index is 2.28. The minimum absolute atomic E-state index is 0.109. The highest BCUT2D eigenvalue weighted by Crippen LogP contribution is 2.20. The smallest absolute Gasteiger partial charge is 0.255 e. The molecule has 0 spiro atoms. The Hall–Kier alpha value is -2.62. The van der Waals surface area contributed by atoms with Crippen LogP contribution in [0.25, 0.3) is 0 Å². The molecule has 0 radical (unpaired) electrons. The van der Waals surface area contributed by atoms with Crippen molar-refractivity contribution in [1.29, 1.82) is 0 Å². The highest BCUT2D eigenvalue weighted by Gasteiger charge is 2.12. The van der Waals surface area contributed by atoms with E-state index in [1.54, 1.807) is 37.3 Å². The summed E-state index contributed by atoms with van der Waals surface area (Å²) in [5, 5.41) is 12.2. The Bertz CT molecular complexity index is 677. The van der Waals surface area contributed by atoms with Crippen molar-refractivity contribution >= 4 is 17.4 Å². The van der Waals surface area contributed by atoms with Crippen LogP contribution in [0.15, 0.2) is 42.5 Å². The fourth-order valence-corrected chi connectivity index (χ4v) is 1.89. The monoisotopic (exact) mass is 269 g/mol.